The smallest absolute Gasteiger partial charge is 0.255 e. The van der Waals surface area contributed by atoms with E-state index in [4.69, 9.17) is 5.73 Å². The summed E-state index contributed by atoms with van der Waals surface area (Å²) in [5.41, 5.74) is 8.58. The summed E-state index contributed by atoms with van der Waals surface area (Å²) in [6.45, 7) is 2.07. The van der Waals surface area contributed by atoms with Crippen molar-refractivity contribution in [2.24, 2.45) is 0 Å². The third-order valence-electron chi connectivity index (χ3n) is 3.44. The van der Waals surface area contributed by atoms with Crippen molar-refractivity contribution < 1.29 is 4.79 Å². The first kappa shape index (κ1) is 15.9. The maximum Gasteiger partial charge on any atom is 0.255 e. The number of anilines is 3. The molecule has 5 heteroatoms. The van der Waals surface area contributed by atoms with Crippen molar-refractivity contribution in [3.63, 3.8) is 0 Å². The number of nitrogens with one attached hydrogen (secondary N) is 2. The number of amides is 1. The Balaban J connectivity index is 2.02. The zero-order valence-corrected chi connectivity index (χ0v) is 13.1. The van der Waals surface area contributed by atoms with E-state index < -0.39 is 0 Å². The highest BCUT2D eigenvalue weighted by Gasteiger charge is 2.08. The second-order valence-corrected chi connectivity index (χ2v) is 5.44. The Morgan fingerprint density at radius 3 is 2.36 bits per heavy atom. The van der Waals surface area contributed by atoms with Crippen LogP contribution in [0.4, 0.5) is 17.1 Å². The minimum Gasteiger partial charge on any atom is -0.399 e. The highest BCUT2D eigenvalue weighted by atomic mass is 16.1. The Kier molecular flexibility index (Phi) is 5.01. The van der Waals surface area contributed by atoms with Crippen molar-refractivity contribution in [1.82, 2.24) is 4.90 Å². The van der Waals surface area contributed by atoms with Crippen LogP contribution in [0.2, 0.25) is 0 Å². The molecule has 0 bridgehead atoms. The Bertz CT molecular complexity index is 637. The second-order valence-electron chi connectivity index (χ2n) is 5.44. The van der Waals surface area contributed by atoms with Crippen LogP contribution < -0.4 is 16.4 Å². The molecule has 0 heterocycles. The van der Waals surface area contributed by atoms with Crippen LogP contribution in [0, 0.1) is 0 Å². The van der Waals surface area contributed by atoms with E-state index in [1.165, 1.54) is 0 Å². The molecule has 2 aromatic carbocycles. The maximum absolute atomic E-state index is 12.2. The van der Waals surface area contributed by atoms with Crippen LogP contribution in [-0.4, -0.2) is 31.1 Å². The summed E-state index contributed by atoms with van der Waals surface area (Å²) >= 11 is 0. The molecule has 116 valence electrons. The number of nitrogens with zero attached hydrogens (tertiary/aromatic N) is 1. The summed E-state index contributed by atoms with van der Waals surface area (Å²) < 4.78 is 0. The summed E-state index contributed by atoms with van der Waals surface area (Å²) in [5, 5.41) is 6.17. The van der Waals surface area contributed by atoms with Gasteiger partial charge in [-0.2, -0.15) is 0 Å². The molecule has 4 N–H and O–H groups in total. The van der Waals surface area contributed by atoms with Gasteiger partial charge in [0, 0.05) is 22.6 Å². The van der Waals surface area contributed by atoms with Crippen molar-refractivity contribution in [3.8, 4) is 0 Å². The fourth-order valence-electron chi connectivity index (χ4n) is 1.91. The quantitative estimate of drug-likeness (QED) is 0.586. The Morgan fingerprint density at radius 1 is 1.09 bits per heavy atom. The lowest BCUT2D eigenvalue weighted by atomic mass is 10.2. The number of benzene rings is 2. The SMILES string of the molecule is CC(Nc1ccc(C(=O)Nc2cccc(N)c2)cc1)N(C)C. The average molecular weight is 298 g/mol. The lowest BCUT2D eigenvalue weighted by Crippen LogP contribution is -2.32. The van der Waals surface area contributed by atoms with E-state index in [1.54, 1.807) is 30.3 Å². The normalized spacial score (nSPS) is 12.0. The Labute approximate surface area is 131 Å². The minimum atomic E-state index is -0.155. The summed E-state index contributed by atoms with van der Waals surface area (Å²) in [5.74, 6) is -0.155. The molecule has 0 saturated heterocycles. The number of carbonyl (C=O) groups is 1. The fourth-order valence-corrected chi connectivity index (χ4v) is 1.91. The summed E-state index contributed by atoms with van der Waals surface area (Å²) in [6.07, 6.45) is 0.215. The van der Waals surface area contributed by atoms with Gasteiger partial charge in [-0.3, -0.25) is 9.69 Å². The second kappa shape index (κ2) is 6.95. The topological polar surface area (TPSA) is 70.4 Å². The molecule has 22 heavy (non-hydrogen) atoms. The molecule has 0 fully saturated rings. The molecule has 0 aliphatic carbocycles. The molecule has 1 atom stereocenters. The van der Waals surface area contributed by atoms with E-state index in [0.717, 1.165) is 5.69 Å². The van der Waals surface area contributed by atoms with E-state index in [0.29, 0.717) is 16.9 Å². The van der Waals surface area contributed by atoms with Gasteiger partial charge in [0.1, 0.15) is 0 Å². The number of hydrogen-bond acceptors (Lipinski definition) is 4. The Hall–Kier alpha value is -2.53. The molecular formula is C17H22N4O. The van der Waals surface area contributed by atoms with Crippen molar-refractivity contribution in [1.29, 1.82) is 0 Å². The first-order valence-electron chi connectivity index (χ1n) is 7.15. The largest absolute Gasteiger partial charge is 0.399 e. The van der Waals surface area contributed by atoms with Crippen LogP contribution in [-0.2, 0) is 0 Å². The van der Waals surface area contributed by atoms with Gasteiger partial charge in [-0.15, -0.1) is 0 Å². The summed E-state index contributed by atoms with van der Waals surface area (Å²) in [7, 11) is 4.01. The van der Waals surface area contributed by atoms with Crippen molar-refractivity contribution >= 4 is 23.0 Å². The minimum absolute atomic E-state index is 0.155. The highest BCUT2D eigenvalue weighted by molar-refractivity contribution is 6.04. The van der Waals surface area contributed by atoms with Crippen molar-refractivity contribution in [2.75, 3.05) is 30.5 Å². The van der Waals surface area contributed by atoms with Crippen molar-refractivity contribution in [3.05, 3.63) is 54.1 Å². The van der Waals surface area contributed by atoms with Gasteiger partial charge in [0.2, 0.25) is 0 Å². The van der Waals surface area contributed by atoms with Gasteiger partial charge >= 0.3 is 0 Å². The number of nitrogen functional groups attached to an aromatic ring is 1. The van der Waals surface area contributed by atoms with Gasteiger partial charge in [0.05, 0.1) is 6.17 Å². The molecule has 2 aromatic rings. The molecule has 0 aliphatic heterocycles. The number of rotatable bonds is 5. The summed E-state index contributed by atoms with van der Waals surface area (Å²) in [6, 6.07) is 14.5. The van der Waals surface area contributed by atoms with Crippen LogP contribution in [0.5, 0.6) is 0 Å². The van der Waals surface area contributed by atoms with Crippen LogP contribution in [0.15, 0.2) is 48.5 Å². The number of hydrogen-bond donors (Lipinski definition) is 3. The molecule has 0 saturated carbocycles. The van der Waals surface area contributed by atoms with Gasteiger partial charge < -0.3 is 16.4 Å². The molecule has 0 aliphatic rings. The monoisotopic (exact) mass is 298 g/mol. The van der Waals surface area contributed by atoms with Gasteiger partial charge in [-0.1, -0.05) is 6.07 Å². The zero-order valence-electron chi connectivity index (χ0n) is 13.1. The lowest BCUT2D eigenvalue weighted by Gasteiger charge is -2.22. The lowest BCUT2D eigenvalue weighted by molar-refractivity contribution is 0.102. The molecule has 2 rings (SSSR count). The maximum atomic E-state index is 12.2. The molecular weight excluding hydrogens is 276 g/mol. The number of carbonyl (C=O) groups excluding carboxylic acids is 1. The predicted molar refractivity (Wildman–Crippen MR) is 92.0 cm³/mol. The third-order valence-corrected chi connectivity index (χ3v) is 3.44. The molecule has 0 spiro atoms. The van der Waals surface area contributed by atoms with Gasteiger partial charge in [0.25, 0.3) is 5.91 Å². The average Bonchev–Trinajstić information content (AvgIpc) is 2.47. The van der Waals surface area contributed by atoms with Crippen molar-refractivity contribution in [2.45, 2.75) is 13.1 Å². The van der Waals surface area contributed by atoms with E-state index in [-0.39, 0.29) is 12.1 Å². The first-order chi connectivity index (χ1) is 10.5. The molecule has 1 amide bonds. The molecule has 0 aromatic heterocycles. The van der Waals surface area contributed by atoms with Gasteiger partial charge in [-0.05, 0) is 63.5 Å². The van der Waals surface area contributed by atoms with Crippen LogP contribution >= 0.6 is 0 Å². The zero-order chi connectivity index (χ0) is 16.1. The first-order valence-corrected chi connectivity index (χ1v) is 7.15. The summed E-state index contributed by atoms with van der Waals surface area (Å²) in [4.78, 5) is 14.3. The van der Waals surface area contributed by atoms with E-state index >= 15 is 0 Å². The third kappa shape index (κ3) is 4.23. The number of nitrogens with two attached hydrogens (primary N) is 1. The molecule has 0 radical (unpaired) electrons. The standard InChI is InChI=1S/C17H22N4O/c1-12(21(2)3)19-15-9-7-13(8-10-15)17(22)20-16-6-4-5-14(18)11-16/h4-12,19H,18H2,1-3H3,(H,20,22). The van der Waals surface area contributed by atoms with E-state index in [1.807, 2.05) is 32.3 Å². The van der Waals surface area contributed by atoms with Crippen LogP contribution in [0.3, 0.4) is 0 Å². The fraction of sp³-hybridized carbons (Fsp3) is 0.235. The van der Waals surface area contributed by atoms with Crippen LogP contribution in [0.25, 0.3) is 0 Å². The van der Waals surface area contributed by atoms with E-state index in [2.05, 4.69) is 22.5 Å². The Morgan fingerprint density at radius 2 is 1.77 bits per heavy atom. The van der Waals surface area contributed by atoms with Crippen LogP contribution in [0.1, 0.15) is 17.3 Å². The van der Waals surface area contributed by atoms with E-state index in [9.17, 15) is 4.79 Å². The van der Waals surface area contributed by atoms with Gasteiger partial charge in [0.15, 0.2) is 0 Å². The highest BCUT2D eigenvalue weighted by Crippen LogP contribution is 2.15. The van der Waals surface area contributed by atoms with Gasteiger partial charge in [-0.25, -0.2) is 0 Å². The molecule has 1 unspecified atom stereocenters. The predicted octanol–water partition coefficient (Wildman–Crippen LogP) is 2.84. The molecule has 5 nitrogen and oxygen atoms in total.